The molecule has 2 rings (SSSR count). The highest BCUT2D eigenvalue weighted by Gasteiger charge is 2.36. The number of nitrogen functional groups attached to an aromatic ring is 1. The van der Waals surface area contributed by atoms with Crippen molar-refractivity contribution in [2.45, 2.75) is 20.0 Å². The van der Waals surface area contributed by atoms with Crippen molar-refractivity contribution in [2.75, 3.05) is 5.73 Å². The first-order valence-electron chi connectivity index (χ1n) is 5.23. The highest BCUT2D eigenvalue weighted by Crippen LogP contribution is 2.33. The predicted octanol–water partition coefficient (Wildman–Crippen LogP) is 3.55. The van der Waals surface area contributed by atoms with Crippen LogP contribution in [0.15, 0.2) is 12.1 Å². The third-order valence-corrected chi connectivity index (χ3v) is 3.02. The van der Waals surface area contributed by atoms with Crippen LogP contribution in [0.2, 0.25) is 0 Å². The van der Waals surface area contributed by atoms with E-state index in [1.165, 1.54) is 0 Å². The molecule has 4 nitrogen and oxygen atoms in total. The molecule has 2 N–H and O–H groups in total. The van der Waals surface area contributed by atoms with Crippen molar-refractivity contribution < 1.29 is 17.9 Å². The standard InChI is InChI=1S/C11H10F3N3OS/c1-5-3-6(2)8(4-7(5)15)18-10-16-9(17-19-10)11(12,13)14/h3-4H,15H2,1-2H3. The Kier molecular flexibility index (Phi) is 3.36. The van der Waals surface area contributed by atoms with E-state index in [0.717, 1.165) is 11.1 Å². The maximum atomic E-state index is 12.3. The summed E-state index contributed by atoms with van der Waals surface area (Å²) >= 11 is 0.546. The minimum atomic E-state index is -4.57. The molecular formula is C11H10F3N3OS. The normalized spacial score (nSPS) is 11.6. The summed E-state index contributed by atoms with van der Waals surface area (Å²) in [6.07, 6.45) is -4.57. The van der Waals surface area contributed by atoms with Crippen molar-refractivity contribution in [3.8, 4) is 10.9 Å². The molecule has 1 aromatic carbocycles. The fraction of sp³-hybridized carbons (Fsp3) is 0.273. The average Bonchev–Trinajstić information content (AvgIpc) is 2.74. The molecule has 0 spiro atoms. The quantitative estimate of drug-likeness (QED) is 0.859. The maximum absolute atomic E-state index is 12.3. The number of rotatable bonds is 2. The highest BCUT2D eigenvalue weighted by atomic mass is 32.1. The number of aromatic nitrogens is 2. The van der Waals surface area contributed by atoms with Gasteiger partial charge in [0.1, 0.15) is 5.75 Å². The van der Waals surface area contributed by atoms with Crippen LogP contribution in [0.25, 0.3) is 0 Å². The molecule has 8 heteroatoms. The van der Waals surface area contributed by atoms with E-state index in [1.54, 1.807) is 19.1 Å². The molecule has 0 saturated carbocycles. The zero-order chi connectivity index (χ0) is 14.2. The number of halogens is 3. The minimum Gasteiger partial charge on any atom is -0.429 e. The molecule has 0 saturated heterocycles. The van der Waals surface area contributed by atoms with Crippen LogP contribution in [0.5, 0.6) is 10.9 Å². The number of hydrogen-bond acceptors (Lipinski definition) is 5. The van der Waals surface area contributed by atoms with Crippen LogP contribution < -0.4 is 10.5 Å². The second-order valence-electron chi connectivity index (χ2n) is 3.96. The summed E-state index contributed by atoms with van der Waals surface area (Å²) in [5.41, 5.74) is 7.86. The molecule has 0 atom stereocenters. The molecule has 0 fully saturated rings. The molecule has 19 heavy (non-hydrogen) atoms. The molecule has 0 bridgehead atoms. The summed E-state index contributed by atoms with van der Waals surface area (Å²) in [7, 11) is 0. The zero-order valence-corrected chi connectivity index (χ0v) is 10.9. The zero-order valence-electron chi connectivity index (χ0n) is 10.1. The fourth-order valence-corrected chi connectivity index (χ4v) is 1.98. The summed E-state index contributed by atoms with van der Waals surface area (Å²) in [5.74, 6) is -0.835. The number of hydrogen-bond donors (Lipinski definition) is 1. The first kappa shape index (κ1) is 13.6. The van der Waals surface area contributed by atoms with Gasteiger partial charge in [0.15, 0.2) is 0 Å². The lowest BCUT2D eigenvalue weighted by molar-refractivity contribution is -0.144. The average molecular weight is 289 g/mol. The lowest BCUT2D eigenvalue weighted by Crippen LogP contribution is -2.07. The Balaban J connectivity index is 2.27. The molecule has 0 aliphatic rings. The van der Waals surface area contributed by atoms with Crippen molar-refractivity contribution in [2.24, 2.45) is 0 Å². The van der Waals surface area contributed by atoms with E-state index in [9.17, 15) is 13.2 Å². The number of nitrogens with zero attached hydrogens (tertiary/aromatic N) is 2. The van der Waals surface area contributed by atoms with Gasteiger partial charge in [0.05, 0.1) is 0 Å². The summed E-state index contributed by atoms with van der Waals surface area (Å²) in [4.78, 5) is 3.29. The van der Waals surface area contributed by atoms with Crippen molar-refractivity contribution >= 4 is 17.2 Å². The Morgan fingerprint density at radius 1 is 1.21 bits per heavy atom. The van der Waals surface area contributed by atoms with Gasteiger partial charge in [-0.15, -0.1) is 0 Å². The number of benzene rings is 1. The van der Waals surface area contributed by atoms with Gasteiger partial charge in [-0.1, -0.05) is 6.07 Å². The van der Waals surface area contributed by atoms with Gasteiger partial charge in [-0.2, -0.15) is 22.5 Å². The molecule has 0 aliphatic carbocycles. The molecule has 1 aromatic heterocycles. The van der Waals surface area contributed by atoms with E-state index < -0.39 is 12.0 Å². The largest absolute Gasteiger partial charge is 0.452 e. The molecular weight excluding hydrogens is 279 g/mol. The Bertz CT molecular complexity index is 610. The van der Waals surface area contributed by atoms with Crippen molar-refractivity contribution in [1.82, 2.24) is 9.36 Å². The fourth-order valence-electron chi connectivity index (χ4n) is 1.42. The van der Waals surface area contributed by atoms with Crippen LogP contribution in [0, 0.1) is 13.8 Å². The Morgan fingerprint density at radius 2 is 1.89 bits per heavy atom. The number of alkyl halides is 3. The first-order chi connectivity index (χ1) is 8.77. The number of aryl methyl sites for hydroxylation is 2. The Morgan fingerprint density at radius 3 is 2.47 bits per heavy atom. The highest BCUT2D eigenvalue weighted by molar-refractivity contribution is 7.07. The minimum absolute atomic E-state index is 0.168. The third kappa shape index (κ3) is 2.95. The van der Waals surface area contributed by atoms with Gasteiger partial charge in [0.2, 0.25) is 0 Å². The van der Waals surface area contributed by atoms with Gasteiger partial charge >= 0.3 is 6.18 Å². The van der Waals surface area contributed by atoms with E-state index in [1.807, 2.05) is 6.92 Å². The summed E-state index contributed by atoms with van der Waals surface area (Å²) in [6.45, 7) is 3.60. The molecule has 102 valence electrons. The number of nitrogens with two attached hydrogens (primary N) is 1. The first-order valence-corrected chi connectivity index (χ1v) is 6.00. The SMILES string of the molecule is Cc1cc(C)c(Oc2nc(C(F)(F)F)ns2)cc1N. The summed E-state index contributed by atoms with van der Waals surface area (Å²) in [6, 6.07) is 3.34. The second kappa shape index (κ2) is 4.69. The second-order valence-corrected chi connectivity index (χ2v) is 4.67. The monoisotopic (exact) mass is 289 g/mol. The molecule has 0 amide bonds. The maximum Gasteiger partial charge on any atom is 0.452 e. The van der Waals surface area contributed by atoms with Crippen LogP contribution in [0.1, 0.15) is 17.0 Å². The van der Waals surface area contributed by atoms with Gasteiger partial charge in [0, 0.05) is 23.3 Å². The summed E-state index contributed by atoms with van der Waals surface area (Å²) in [5, 5.41) is -0.168. The van der Waals surface area contributed by atoms with Gasteiger partial charge in [-0.3, -0.25) is 0 Å². The van der Waals surface area contributed by atoms with Crippen molar-refractivity contribution in [1.29, 1.82) is 0 Å². The van der Waals surface area contributed by atoms with Crippen LogP contribution in [0.4, 0.5) is 18.9 Å². The van der Waals surface area contributed by atoms with Crippen molar-refractivity contribution in [3.05, 3.63) is 29.1 Å². The predicted molar refractivity (Wildman–Crippen MR) is 65.3 cm³/mol. The van der Waals surface area contributed by atoms with Crippen LogP contribution in [0.3, 0.4) is 0 Å². The van der Waals surface area contributed by atoms with Crippen LogP contribution in [-0.2, 0) is 6.18 Å². The topological polar surface area (TPSA) is 61.0 Å². The summed E-state index contributed by atoms with van der Waals surface area (Å²) < 4.78 is 45.5. The van der Waals surface area contributed by atoms with E-state index in [2.05, 4.69) is 9.36 Å². The molecule has 1 heterocycles. The number of ether oxygens (including phenoxy) is 1. The van der Waals surface area contributed by atoms with Gasteiger partial charge < -0.3 is 10.5 Å². The van der Waals surface area contributed by atoms with Crippen LogP contribution >= 0.6 is 11.5 Å². The lowest BCUT2D eigenvalue weighted by atomic mass is 10.1. The van der Waals surface area contributed by atoms with E-state index in [4.69, 9.17) is 10.5 Å². The molecule has 2 aromatic rings. The van der Waals surface area contributed by atoms with E-state index >= 15 is 0 Å². The molecule has 0 radical (unpaired) electrons. The Labute approximate surface area is 111 Å². The van der Waals surface area contributed by atoms with Crippen LogP contribution in [-0.4, -0.2) is 9.36 Å². The van der Waals surface area contributed by atoms with Gasteiger partial charge in [0.25, 0.3) is 11.0 Å². The molecule has 0 unspecified atom stereocenters. The van der Waals surface area contributed by atoms with E-state index in [0.29, 0.717) is 23.0 Å². The number of anilines is 1. The van der Waals surface area contributed by atoms with Gasteiger partial charge in [-0.05, 0) is 25.0 Å². The Hall–Kier alpha value is -1.83. The lowest BCUT2D eigenvalue weighted by Gasteiger charge is -2.08. The van der Waals surface area contributed by atoms with E-state index in [-0.39, 0.29) is 5.19 Å². The van der Waals surface area contributed by atoms with Gasteiger partial charge in [-0.25, -0.2) is 0 Å². The van der Waals surface area contributed by atoms with Crippen molar-refractivity contribution in [3.63, 3.8) is 0 Å². The smallest absolute Gasteiger partial charge is 0.429 e. The molecule has 0 aliphatic heterocycles. The third-order valence-electron chi connectivity index (χ3n) is 2.42.